The van der Waals surface area contributed by atoms with Crippen LogP contribution in [0.25, 0.3) is 17.0 Å². The zero-order valence-electron chi connectivity index (χ0n) is 16.3. The molecular weight excluding hydrogens is 410 g/mol. The summed E-state index contributed by atoms with van der Waals surface area (Å²) in [6.07, 6.45) is 7.04. The number of imidazole rings is 1. The number of thioether (sulfide) groups is 1. The molecule has 0 aliphatic heterocycles. The van der Waals surface area contributed by atoms with Gasteiger partial charge >= 0.3 is 0 Å². The molecule has 2 N–H and O–H groups in total. The highest BCUT2D eigenvalue weighted by Crippen LogP contribution is 2.22. The summed E-state index contributed by atoms with van der Waals surface area (Å²) in [5.41, 5.74) is 4.21. The van der Waals surface area contributed by atoms with E-state index in [4.69, 9.17) is 0 Å². The number of fused-ring (bicyclic) bond motifs is 1. The van der Waals surface area contributed by atoms with Crippen LogP contribution in [0, 0.1) is 0 Å². The summed E-state index contributed by atoms with van der Waals surface area (Å²) in [6.45, 7) is 0. The van der Waals surface area contributed by atoms with E-state index in [0.717, 1.165) is 33.4 Å². The number of amides is 1. The van der Waals surface area contributed by atoms with Gasteiger partial charge in [-0.05, 0) is 35.9 Å². The number of hydrogen-bond acceptors (Lipinski definition) is 6. The first-order valence-corrected chi connectivity index (χ1v) is 10.5. The molecule has 9 heteroatoms. The van der Waals surface area contributed by atoms with Crippen LogP contribution in [-0.4, -0.2) is 35.5 Å². The standard InChI is InChI=1S/C22H17N7OS/c30-20(17-4-2-15(3-5-17)13-31-22-24-14-25-28-22)26-18-8-6-16(7-9-18)19-12-29-11-1-10-23-21(29)27-19/h1-12,14H,13H2,(H,26,30)(H,24,25,28). The number of H-pyrrole nitrogens is 1. The lowest BCUT2D eigenvalue weighted by Crippen LogP contribution is -2.11. The van der Waals surface area contributed by atoms with Crippen molar-refractivity contribution in [1.82, 2.24) is 29.5 Å². The number of benzene rings is 2. The van der Waals surface area contributed by atoms with Crippen molar-refractivity contribution in [1.29, 1.82) is 0 Å². The van der Waals surface area contributed by atoms with Crippen molar-refractivity contribution in [3.8, 4) is 11.3 Å². The highest BCUT2D eigenvalue weighted by atomic mass is 32.2. The number of nitrogens with zero attached hydrogens (tertiary/aromatic N) is 5. The number of aromatic nitrogens is 6. The molecule has 0 aliphatic rings. The van der Waals surface area contributed by atoms with Gasteiger partial charge in [-0.15, -0.1) is 0 Å². The first kappa shape index (κ1) is 19.0. The zero-order chi connectivity index (χ0) is 21.0. The Balaban J connectivity index is 1.22. The smallest absolute Gasteiger partial charge is 0.255 e. The van der Waals surface area contributed by atoms with Crippen LogP contribution in [0.4, 0.5) is 5.69 Å². The Labute approximate surface area is 181 Å². The molecule has 0 saturated heterocycles. The average Bonchev–Trinajstić information content (AvgIpc) is 3.48. The van der Waals surface area contributed by atoms with Gasteiger partial charge in [0.2, 0.25) is 5.78 Å². The molecule has 0 radical (unpaired) electrons. The molecule has 0 aliphatic carbocycles. The minimum atomic E-state index is -0.154. The van der Waals surface area contributed by atoms with E-state index in [-0.39, 0.29) is 5.91 Å². The Hall–Kier alpha value is -3.98. The number of hydrogen-bond donors (Lipinski definition) is 2. The fraction of sp³-hybridized carbons (Fsp3) is 0.0455. The predicted octanol–water partition coefficient (Wildman–Crippen LogP) is 4.06. The van der Waals surface area contributed by atoms with Crippen LogP contribution in [0.3, 0.4) is 0 Å². The number of anilines is 1. The van der Waals surface area contributed by atoms with Gasteiger partial charge in [0.05, 0.1) is 5.69 Å². The third kappa shape index (κ3) is 4.31. The van der Waals surface area contributed by atoms with Crippen molar-refractivity contribution in [2.45, 2.75) is 10.9 Å². The monoisotopic (exact) mass is 427 g/mol. The van der Waals surface area contributed by atoms with Gasteiger partial charge in [-0.3, -0.25) is 14.3 Å². The molecule has 2 aromatic carbocycles. The average molecular weight is 427 g/mol. The SMILES string of the molecule is O=C(Nc1ccc(-c2cn3cccnc3n2)cc1)c1ccc(CSc2ncn[nH]2)cc1. The number of carbonyl (C=O) groups excluding carboxylic acids is 1. The molecule has 0 atom stereocenters. The fourth-order valence-corrected chi connectivity index (χ4v) is 3.80. The second kappa shape index (κ2) is 8.41. The van der Waals surface area contributed by atoms with E-state index in [1.807, 2.05) is 71.4 Å². The van der Waals surface area contributed by atoms with E-state index in [9.17, 15) is 4.79 Å². The summed E-state index contributed by atoms with van der Waals surface area (Å²) in [4.78, 5) is 25.4. The maximum atomic E-state index is 12.6. The molecule has 1 amide bonds. The van der Waals surface area contributed by atoms with Crippen LogP contribution < -0.4 is 5.32 Å². The number of rotatable bonds is 6. The summed E-state index contributed by atoms with van der Waals surface area (Å²) in [7, 11) is 0. The van der Waals surface area contributed by atoms with Crippen LogP contribution in [0.2, 0.25) is 0 Å². The van der Waals surface area contributed by atoms with Crippen LogP contribution in [-0.2, 0) is 5.75 Å². The van der Waals surface area contributed by atoms with Gasteiger partial charge < -0.3 is 5.32 Å². The molecule has 0 unspecified atom stereocenters. The third-order valence-corrected chi connectivity index (χ3v) is 5.61. The molecular formula is C22H17N7OS. The number of aromatic amines is 1. The lowest BCUT2D eigenvalue weighted by atomic mass is 10.1. The quantitative estimate of drug-likeness (QED) is 0.396. The molecule has 3 heterocycles. The summed E-state index contributed by atoms with van der Waals surface area (Å²) in [5, 5.41) is 10.3. The molecule has 0 spiro atoms. The minimum absolute atomic E-state index is 0.154. The van der Waals surface area contributed by atoms with Crippen molar-refractivity contribution in [3.05, 3.63) is 90.6 Å². The van der Waals surface area contributed by atoms with E-state index in [1.165, 1.54) is 6.33 Å². The van der Waals surface area contributed by atoms with Gasteiger partial charge in [0.15, 0.2) is 5.16 Å². The van der Waals surface area contributed by atoms with Crippen LogP contribution in [0.15, 0.2) is 84.7 Å². The van der Waals surface area contributed by atoms with E-state index >= 15 is 0 Å². The third-order valence-electron chi connectivity index (χ3n) is 4.66. The van der Waals surface area contributed by atoms with E-state index < -0.39 is 0 Å². The Kier molecular flexibility index (Phi) is 5.16. The molecule has 5 aromatic rings. The van der Waals surface area contributed by atoms with E-state index in [0.29, 0.717) is 11.3 Å². The summed E-state index contributed by atoms with van der Waals surface area (Å²) in [5.74, 6) is 1.24. The van der Waals surface area contributed by atoms with Gasteiger partial charge in [0.1, 0.15) is 6.33 Å². The van der Waals surface area contributed by atoms with Crippen LogP contribution in [0.1, 0.15) is 15.9 Å². The minimum Gasteiger partial charge on any atom is -0.322 e. The van der Waals surface area contributed by atoms with Gasteiger partial charge in [0.25, 0.3) is 5.91 Å². The highest BCUT2D eigenvalue weighted by molar-refractivity contribution is 7.98. The molecule has 0 bridgehead atoms. The van der Waals surface area contributed by atoms with Crippen molar-refractivity contribution in [2.75, 3.05) is 5.32 Å². The zero-order valence-corrected chi connectivity index (χ0v) is 17.1. The van der Waals surface area contributed by atoms with E-state index in [2.05, 4.69) is 30.5 Å². The molecule has 152 valence electrons. The maximum absolute atomic E-state index is 12.6. The Morgan fingerprint density at radius 3 is 2.65 bits per heavy atom. The fourth-order valence-electron chi connectivity index (χ4n) is 3.06. The largest absolute Gasteiger partial charge is 0.322 e. The molecule has 5 rings (SSSR count). The Morgan fingerprint density at radius 2 is 1.90 bits per heavy atom. The van der Waals surface area contributed by atoms with Gasteiger partial charge in [-0.2, -0.15) is 5.10 Å². The van der Waals surface area contributed by atoms with Gasteiger partial charge in [-0.1, -0.05) is 36.0 Å². The topological polar surface area (TPSA) is 101 Å². The van der Waals surface area contributed by atoms with Crippen LogP contribution >= 0.6 is 11.8 Å². The van der Waals surface area contributed by atoms with Crippen molar-refractivity contribution < 1.29 is 4.79 Å². The Bertz CT molecular complexity index is 1280. The van der Waals surface area contributed by atoms with Crippen molar-refractivity contribution >= 4 is 29.1 Å². The molecule has 3 aromatic heterocycles. The lowest BCUT2D eigenvalue weighted by molar-refractivity contribution is 0.102. The molecule has 8 nitrogen and oxygen atoms in total. The molecule has 31 heavy (non-hydrogen) atoms. The Morgan fingerprint density at radius 1 is 1.06 bits per heavy atom. The van der Waals surface area contributed by atoms with Crippen molar-refractivity contribution in [3.63, 3.8) is 0 Å². The van der Waals surface area contributed by atoms with Crippen molar-refractivity contribution in [2.24, 2.45) is 0 Å². The molecule has 0 saturated carbocycles. The normalized spacial score (nSPS) is 11.0. The lowest BCUT2D eigenvalue weighted by Gasteiger charge is -2.07. The summed E-state index contributed by atoms with van der Waals surface area (Å²) in [6, 6.07) is 17.0. The predicted molar refractivity (Wildman–Crippen MR) is 119 cm³/mol. The van der Waals surface area contributed by atoms with Gasteiger partial charge in [-0.25, -0.2) is 15.0 Å². The second-order valence-electron chi connectivity index (χ2n) is 6.76. The van der Waals surface area contributed by atoms with Crippen LogP contribution in [0.5, 0.6) is 0 Å². The first-order valence-electron chi connectivity index (χ1n) is 9.53. The summed E-state index contributed by atoms with van der Waals surface area (Å²) < 4.78 is 1.87. The first-order chi connectivity index (χ1) is 15.2. The maximum Gasteiger partial charge on any atom is 0.255 e. The van der Waals surface area contributed by atoms with E-state index in [1.54, 1.807) is 18.0 Å². The summed E-state index contributed by atoms with van der Waals surface area (Å²) >= 11 is 1.56. The number of nitrogens with one attached hydrogen (secondary N) is 2. The molecule has 0 fully saturated rings. The highest BCUT2D eigenvalue weighted by Gasteiger charge is 2.08. The number of carbonyl (C=O) groups is 1. The van der Waals surface area contributed by atoms with Gasteiger partial charge in [0, 0.05) is 41.2 Å². The second-order valence-corrected chi connectivity index (χ2v) is 7.72.